The summed E-state index contributed by atoms with van der Waals surface area (Å²) in [5.74, 6) is 0.674. The zero-order chi connectivity index (χ0) is 10.9. The van der Waals surface area contributed by atoms with Crippen LogP contribution in [0.2, 0.25) is 0 Å². The van der Waals surface area contributed by atoms with E-state index in [1.54, 1.807) is 0 Å². The van der Waals surface area contributed by atoms with Gasteiger partial charge in [0.1, 0.15) is 0 Å². The Labute approximate surface area is 88.4 Å². The van der Waals surface area contributed by atoms with Gasteiger partial charge in [0.2, 0.25) is 0 Å². The molecule has 1 atom stereocenters. The van der Waals surface area contributed by atoms with Crippen LogP contribution >= 0.6 is 11.6 Å². The molecule has 0 heterocycles. The normalized spacial score (nSPS) is 17.2. The quantitative estimate of drug-likeness (QED) is 0.461. The van der Waals surface area contributed by atoms with Gasteiger partial charge in [0.15, 0.2) is 0 Å². The van der Waals surface area contributed by atoms with E-state index in [-0.39, 0.29) is 10.3 Å². The predicted molar refractivity (Wildman–Crippen MR) is 62.3 cm³/mol. The minimum Gasteiger partial charge on any atom is -0.114 e. The third-order valence-corrected chi connectivity index (χ3v) is 3.83. The largest absolute Gasteiger partial charge is 0.114 e. The molecule has 78 valence electrons. The SMILES string of the molecule is C=C(C)C(C)(Cl)C(C)(C)CC(C)C. The number of hydrogen-bond donors (Lipinski definition) is 0. The molecule has 0 bridgehead atoms. The highest BCUT2D eigenvalue weighted by Gasteiger charge is 2.40. The van der Waals surface area contributed by atoms with Crippen molar-refractivity contribution in [3.63, 3.8) is 0 Å². The monoisotopic (exact) mass is 202 g/mol. The van der Waals surface area contributed by atoms with E-state index in [0.29, 0.717) is 5.92 Å². The third kappa shape index (κ3) is 3.02. The van der Waals surface area contributed by atoms with Gasteiger partial charge in [0.05, 0.1) is 4.87 Å². The van der Waals surface area contributed by atoms with Gasteiger partial charge in [-0.1, -0.05) is 39.8 Å². The van der Waals surface area contributed by atoms with E-state index in [0.717, 1.165) is 12.0 Å². The Morgan fingerprint density at radius 1 is 1.31 bits per heavy atom. The number of rotatable bonds is 4. The summed E-state index contributed by atoms with van der Waals surface area (Å²) in [6.45, 7) is 16.9. The summed E-state index contributed by atoms with van der Waals surface area (Å²) in [6.07, 6.45) is 1.12. The third-order valence-electron chi connectivity index (χ3n) is 2.99. The van der Waals surface area contributed by atoms with Crippen LogP contribution in [-0.4, -0.2) is 4.87 Å². The lowest BCUT2D eigenvalue weighted by Crippen LogP contribution is -2.38. The maximum Gasteiger partial charge on any atom is 0.0672 e. The van der Waals surface area contributed by atoms with Crippen molar-refractivity contribution in [3.05, 3.63) is 12.2 Å². The second-order valence-electron chi connectivity index (χ2n) is 5.27. The van der Waals surface area contributed by atoms with Crippen LogP contribution in [0.1, 0.15) is 48.0 Å². The molecule has 0 aliphatic rings. The Morgan fingerprint density at radius 2 is 1.69 bits per heavy atom. The lowest BCUT2D eigenvalue weighted by Gasteiger charge is -2.41. The van der Waals surface area contributed by atoms with Crippen molar-refractivity contribution in [2.45, 2.75) is 52.8 Å². The second kappa shape index (κ2) is 4.04. The molecule has 0 rings (SSSR count). The van der Waals surface area contributed by atoms with Gasteiger partial charge < -0.3 is 0 Å². The number of alkyl halides is 1. The Bertz CT molecular complexity index is 187. The van der Waals surface area contributed by atoms with E-state index in [1.807, 2.05) is 6.92 Å². The molecule has 0 fully saturated rings. The summed E-state index contributed by atoms with van der Waals surface area (Å²) in [5.41, 5.74) is 1.16. The fraction of sp³-hybridized carbons (Fsp3) is 0.833. The zero-order valence-corrected chi connectivity index (χ0v) is 10.6. The Hall–Kier alpha value is 0.0300. The first-order valence-electron chi connectivity index (χ1n) is 4.96. The molecule has 0 amide bonds. The molecule has 0 radical (unpaired) electrons. The number of halogens is 1. The number of allylic oxidation sites excluding steroid dienone is 1. The van der Waals surface area contributed by atoms with Crippen LogP contribution in [0.3, 0.4) is 0 Å². The Morgan fingerprint density at radius 3 is 1.92 bits per heavy atom. The van der Waals surface area contributed by atoms with Crippen LogP contribution in [0.15, 0.2) is 12.2 Å². The molecular weight excluding hydrogens is 180 g/mol. The molecule has 0 spiro atoms. The van der Waals surface area contributed by atoms with Gasteiger partial charge in [-0.05, 0) is 31.6 Å². The Kier molecular flexibility index (Phi) is 4.05. The van der Waals surface area contributed by atoms with Gasteiger partial charge in [-0.3, -0.25) is 0 Å². The molecule has 0 saturated heterocycles. The molecule has 0 aliphatic carbocycles. The molecule has 1 heteroatoms. The molecule has 0 aliphatic heterocycles. The van der Waals surface area contributed by atoms with Crippen LogP contribution < -0.4 is 0 Å². The van der Waals surface area contributed by atoms with Crippen LogP contribution in [0, 0.1) is 11.3 Å². The van der Waals surface area contributed by atoms with Crippen LogP contribution in [0.4, 0.5) is 0 Å². The van der Waals surface area contributed by atoms with Crippen molar-refractivity contribution < 1.29 is 0 Å². The van der Waals surface area contributed by atoms with Crippen molar-refractivity contribution in [1.82, 2.24) is 0 Å². The van der Waals surface area contributed by atoms with Gasteiger partial charge in [0, 0.05) is 0 Å². The van der Waals surface area contributed by atoms with E-state index in [9.17, 15) is 0 Å². The highest BCUT2D eigenvalue weighted by atomic mass is 35.5. The molecular formula is C12H23Cl. The van der Waals surface area contributed by atoms with E-state index < -0.39 is 0 Å². The summed E-state index contributed by atoms with van der Waals surface area (Å²) in [5, 5.41) is 0. The van der Waals surface area contributed by atoms with E-state index >= 15 is 0 Å². The smallest absolute Gasteiger partial charge is 0.0672 e. The topological polar surface area (TPSA) is 0 Å². The maximum absolute atomic E-state index is 6.51. The predicted octanol–water partition coefficient (Wildman–Crippen LogP) is 4.63. The minimum absolute atomic E-state index is 0.106. The van der Waals surface area contributed by atoms with Crippen molar-refractivity contribution in [1.29, 1.82) is 0 Å². The minimum atomic E-state index is -0.294. The lowest BCUT2D eigenvalue weighted by molar-refractivity contribution is 0.232. The average Bonchev–Trinajstić information content (AvgIpc) is 1.83. The fourth-order valence-corrected chi connectivity index (χ4v) is 1.87. The molecule has 0 aromatic rings. The van der Waals surface area contributed by atoms with Crippen LogP contribution in [0.5, 0.6) is 0 Å². The van der Waals surface area contributed by atoms with Crippen LogP contribution in [0.25, 0.3) is 0 Å². The first kappa shape index (κ1) is 13.0. The van der Waals surface area contributed by atoms with E-state index in [4.69, 9.17) is 11.6 Å². The highest BCUT2D eigenvalue weighted by Crippen LogP contribution is 2.45. The molecule has 0 aromatic heterocycles. The summed E-state index contributed by atoms with van der Waals surface area (Å²) >= 11 is 6.51. The van der Waals surface area contributed by atoms with Crippen molar-refractivity contribution in [3.8, 4) is 0 Å². The van der Waals surface area contributed by atoms with Gasteiger partial charge >= 0.3 is 0 Å². The Balaban J connectivity index is 4.70. The van der Waals surface area contributed by atoms with Crippen molar-refractivity contribution in [2.24, 2.45) is 11.3 Å². The zero-order valence-electron chi connectivity index (χ0n) is 9.87. The van der Waals surface area contributed by atoms with Crippen molar-refractivity contribution >= 4 is 11.6 Å². The van der Waals surface area contributed by atoms with Gasteiger partial charge in [-0.25, -0.2) is 0 Å². The average molecular weight is 203 g/mol. The van der Waals surface area contributed by atoms with Gasteiger partial charge in [-0.15, -0.1) is 11.6 Å². The van der Waals surface area contributed by atoms with Crippen LogP contribution in [-0.2, 0) is 0 Å². The molecule has 13 heavy (non-hydrogen) atoms. The molecule has 0 nitrogen and oxygen atoms in total. The first-order chi connectivity index (χ1) is 5.61. The molecule has 1 unspecified atom stereocenters. The molecule has 0 N–H and O–H groups in total. The highest BCUT2D eigenvalue weighted by molar-refractivity contribution is 6.26. The standard InChI is InChI=1S/C12H23Cl/c1-9(2)8-11(5,6)12(7,13)10(3)4/h9H,3,8H2,1-2,4-7H3. The summed E-state index contributed by atoms with van der Waals surface area (Å²) in [7, 11) is 0. The molecule has 0 aromatic carbocycles. The van der Waals surface area contributed by atoms with E-state index in [2.05, 4.69) is 41.2 Å². The maximum atomic E-state index is 6.51. The lowest BCUT2D eigenvalue weighted by atomic mass is 9.71. The second-order valence-corrected chi connectivity index (χ2v) is 6.02. The van der Waals surface area contributed by atoms with E-state index in [1.165, 1.54) is 0 Å². The van der Waals surface area contributed by atoms with Gasteiger partial charge in [-0.2, -0.15) is 0 Å². The fourth-order valence-electron chi connectivity index (χ4n) is 1.79. The van der Waals surface area contributed by atoms with Crippen molar-refractivity contribution in [2.75, 3.05) is 0 Å². The summed E-state index contributed by atoms with van der Waals surface area (Å²) in [4.78, 5) is -0.294. The first-order valence-corrected chi connectivity index (χ1v) is 5.34. The number of hydrogen-bond acceptors (Lipinski definition) is 0. The summed E-state index contributed by atoms with van der Waals surface area (Å²) < 4.78 is 0. The molecule has 0 saturated carbocycles. The van der Waals surface area contributed by atoms with Gasteiger partial charge in [0.25, 0.3) is 0 Å². The summed E-state index contributed by atoms with van der Waals surface area (Å²) in [6, 6.07) is 0.